The Hall–Kier alpha value is -3.19. The smallest absolute Gasteiger partial charge is 0.288 e. The fourth-order valence-electron chi connectivity index (χ4n) is 2.43. The molecule has 0 aliphatic heterocycles. The van der Waals surface area contributed by atoms with Gasteiger partial charge in [0.05, 0.1) is 11.1 Å². The molecule has 0 atom stereocenters. The number of rotatable bonds is 4. The summed E-state index contributed by atoms with van der Waals surface area (Å²) in [6.07, 6.45) is 1.50. The number of H-pyrrole nitrogens is 1. The average Bonchev–Trinajstić information content (AvgIpc) is 2.93. The number of aromatic nitrogens is 1. The minimum atomic E-state index is -0.470. The van der Waals surface area contributed by atoms with Crippen LogP contribution in [0.15, 0.2) is 47.6 Å². The van der Waals surface area contributed by atoms with Gasteiger partial charge in [0.25, 0.3) is 11.6 Å². The van der Waals surface area contributed by atoms with E-state index in [1.54, 1.807) is 37.3 Å². The first-order chi connectivity index (χ1) is 12.0. The molecular weight excluding hydrogens is 344 g/mol. The lowest BCUT2D eigenvalue weighted by atomic mass is 10.1. The Balaban J connectivity index is 1.81. The maximum atomic E-state index is 12.3. The maximum absolute atomic E-state index is 12.3. The third-order valence-corrected chi connectivity index (χ3v) is 3.98. The number of carbonyl (C=O) groups excluding carboxylic acids is 1. The number of hydrogen-bond donors (Lipinski definition) is 2. The van der Waals surface area contributed by atoms with Crippen LogP contribution < -0.4 is 5.43 Å². The summed E-state index contributed by atoms with van der Waals surface area (Å²) in [6, 6.07) is 11.4. The van der Waals surface area contributed by atoms with E-state index >= 15 is 0 Å². The summed E-state index contributed by atoms with van der Waals surface area (Å²) >= 11 is 5.80. The van der Waals surface area contributed by atoms with Crippen LogP contribution in [0.5, 0.6) is 0 Å². The summed E-state index contributed by atoms with van der Waals surface area (Å²) in [5.41, 5.74) is 4.77. The number of nitro benzene ring substituents is 1. The van der Waals surface area contributed by atoms with Crippen LogP contribution in [0.25, 0.3) is 10.9 Å². The Kier molecular flexibility index (Phi) is 4.49. The Morgan fingerprint density at radius 2 is 2.00 bits per heavy atom. The van der Waals surface area contributed by atoms with Gasteiger partial charge in [0, 0.05) is 28.1 Å². The summed E-state index contributed by atoms with van der Waals surface area (Å²) in [7, 11) is 0. The van der Waals surface area contributed by atoms with Crippen molar-refractivity contribution in [3.8, 4) is 0 Å². The molecule has 126 valence electrons. The molecule has 2 aromatic carbocycles. The Labute approximate surface area is 147 Å². The highest BCUT2D eigenvalue weighted by molar-refractivity contribution is 6.30. The van der Waals surface area contributed by atoms with Crippen molar-refractivity contribution in [2.45, 2.75) is 6.92 Å². The van der Waals surface area contributed by atoms with Crippen LogP contribution in [0.1, 0.15) is 21.6 Å². The van der Waals surface area contributed by atoms with Crippen LogP contribution in [-0.2, 0) is 0 Å². The third-order valence-electron chi connectivity index (χ3n) is 3.73. The SMILES string of the molecule is Cc1c(C(=O)N/N=C/c2ccc(Cl)cc2)[nH]c2ccc([N+](=O)[O-])cc12. The zero-order valence-electron chi connectivity index (χ0n) is 13.1. The Morgan fingerprint density at radius 1 is 1.28 bits per heavy atom. The first kappa shape index (κ1) is 16.7. The first-order valence-electron chi connectivity index (χ1n) is 7.31. The normalized spacial score (nSPS) is 11.1. The second kappa shape index (κ2) is 6.74. The highest BCUT2D eigenvalue weighted by Gasteiger charge is 2.16. The monoisotopic (exact) mass is 356 g/mol. The number of amides is 1. The quantitative estimate of drug-likeness (QED) is 0.422. The first-order valence-corrected chi connectivity index (χ1v) is 7.69. The lowest BCUT2D eigenvalue weighted by Gasteiger charge is -1.99. The lowest BCUT2D eigenvalue weighted by molar-refractivity contribution is -0.384. The summed E-state index contributed by atoms with van der Waals surface area (Å²) in [5.74, 6) is -0.429. The fraction of sp³-hybridized carbons (Fsp3) is 0.0588. The summed E-state index contributed by atoms with van der Waals surface area (Å²) in [5, 5.41) is 16.0. The van der Waals surface area contributed by atoms with Crippen molar-refractivity contribution < 1.29 is 9.72 Å². The fourth-order valence-corrected chi connectivity index (χ4v) is 2.55. The predicted molar refractivity (Wildman–Crippen MR) is 96.2 cm³/mol. The third kappa shape index (κ3) is 3.51. The highest BCUT2D eigenvalue weighted by atomic mass is 35.5. The summed E-state index contributed by atoms with van der Waals surface area (Å²) < 4.78 is 0. The van der Waals surface area contributed by atoms with Gasteiger partial charge in [-0.1, -0.05) is 23.7 Å². The predicted octanol–water partition coefficient (Wildman–Crippen LogP) is 3.80. The van der Waals surface area contributed by atoms with E-state index in [0.717, 1.165) is 5.56 Å². The largest absolute Gasteiger partial charge is 0.350 e. The van der Waals surface area contributed by atoms with Gasteiger partial charge in [-0.15, -0.1) is 0 Å². The molecule has 25 heavy (non-hydrogen) atoms. The van der Waals surface area contributed by atoms with Crippen LogP contribution in [0.3, 0.4) is 0 Å². The molecule has 0 bridgehead atoms. The van der Waals surface area contributed by atoms with Gasteiger partial charge in [0.2, 0.25) is 0 Å². The van der Waals surface area contributed by atoms with Gasteiger partial charge in [-0.3, -0.25) is 14.9 Å². The number of fused-ring (bicyclic) bond motifs is 1. The van der Waals surface area contributed by atoms with Crippen molar-refractivity contribution in [3.05, 3.63) is 74.4 Å². The molecular formula is C17H13ClN4O3. The number of nitrogens with zero attached hydrogens (tertiary/aromatic N) is 2. The van der Waals surface area contributed by atoms with Crippen molar-refractivity contribution >= 4 is 40.3 Å². The van der Waals surface area contributed by atoms with E-state index in [1.807, 2.05) is 0 Å². The number of aryl methyl sites for hydroxylation is 1. The number of nitro groups is 1. The lowest BCUT2D eigenvalue weighted by Crippen LogP contribution is -2.18. The number of non-ortho nitro benzene ring substituents is 1. The van der Waals surface area contributed by atoms with Gasteiger partial charge in [-0.25, -0.2) is 5.43 Å². The number of nitrogens with one attached hydrogen (secondary N) is 2. The number of benzene rings is 2. The van der Waals surface area contributed by atoms with E-state index in [9.17, 15) is 14.9 Å². The molecule has 3 rings (SSSR count). The molecule has 2 N–H and O–H groups in total. The van der Waals surface area contributed by atoms with E-state index in [2.05, 4.69) is 15.5 Å². The molecule has 0 radical (unpaired) electrons. The standard InChI is InChI=1S/C17H13ClN4O3/c1-10-14-8-13(22(24)25)6-7-15(14)20-16(10)17(23)21-19-9-11-2-4-12(18)5-3-11/h2-9,20H,1H3,(H,21,23)/b19-9+. The molecule has 7 nitrogen and oxygen atoms in total. The van der Waals surface area contributed by atoms with Gasteiger partial charge in [-0.05, 0) is 36.2 Å². The molecule has 8 heteroatoms. The molecule has 0 spiro atoms. The number of halogens is 1. The van der Waals surface area contributed by atoms with Gasteiger partial charge >= 0.3 is 0 Å². The van der Waals surface area contributed by atoms with Crippen molar-refractivity contribution in [1.29, 1.82) is 0 Å². The van der Waals surface area contributed by atoms with Crippen LogP contribution >= 0.6 is 11.6 Å². The van der Waals surface area contributed by atoms with E-state index in [1.165, 1.54) is 18.3 Å². The van der Waals surface area contributed by atoms with Crippen LogP contribution in [-0.4, -0.2) is 22.0 Å². The molecule has 0 fully saturated rings. The van der Waals surface area contributed by atoms with Gasteiger partial charge < -0.3 is 4.98 Å². The topological polar surface area (TPSA) is 100 Å². The van der Waals surface area contributed by atoms with E-state index < -0.39 is 10.8 Å². The minimum Gasteiger partial charge on any atom is -0.350 e. The van der Waals surface area contributed by atoms with Crippen molar-refractivity contribution in [2.24, 2.45) is 5.10 Å². The van der Waals surface area contributed by atoms with Crippen LogP contribution in [0.2, 0.25) is 5.02 Å². The molecule has 1 amide bonds. The molecule has 0 saturated heterocycles. The van der Waals surface area contributed by atoms with Crippen molar-refractivity contribution in [2.75, 3.05) is 0 Å². The van der Waals surface area contributed by atoms with Gasteiger partial charge in [0.15, 0.2) is 0 Å². The molecule has 0 aliphatic carbocycles. The van der Waals surface area contributed by atoms with Crippen LogP contribution in [0, 0.1) is 17.0 Å². The molecule has 0 aliphatic rings. The Morgan fingerprint density at radius 3 is 2.68 bits per heavy atom. The molecule has 0 unspecified atom stereocenters. The number of carbonyl (C=O) groups is 1. The Bertz CT molecular complexity index is 993. The second-order valence-electron chi connectivity index (χ2n) is 5.36. The number of hydrogen-bond acceptors (Lipinski definition) is 4. The maximum Gasteiger partial charge on any atom is 0.288 e. The number of aromatic amines is 1. The summed E-state index contributed by atoms with van der Waals surface area (Å²) in [6.45, 7) is 1.72. The highest BCUT2D eigenvalue weighted by Crippen LogP contribution is 2.25. The molecule has 1 aromatic heterocycles. The summed E-state index contributed by atoms with van der Waals surface area (Å²) in [4.78, 5) is 25.7. The number of hydrazone groups is 1. The van der Waals surface area contributed by atoms with Crippen LogP contribution in [0.4, 0.5) is 5.69 Å². The van der Waals surface area contributed by atoms with Crippen molar-refractivity contribution in [1.82, 2.24) is 10.4 Å². The second-order valence-corrected chi connectivity index (χ2v) is 5.80. The molecule has 3 aromatic rings. The molecule has 0 saturated carbocycles. The van der Waals surface area contributed by atoms with Gasteiger partial charge in [0.1, 0.15) is 5.69 Å². The average molecular weight is 357 g/mol. The zero-order chi connectivity index (χ0) is 18.0. The van der Waals surface area contributed by atoms with E-state index in [4.69, 9.17) is 11.6 Å². The van der Waals surface area contributed by atoms with E-state index in [0.29, 0.717) is 27.2 Å². The molecule has 1 heterocycles. The minimum absolute atomic E-state index is 0.0256. The zero-order valence-corrected chi connectivity index (χ0v) is 13.9. The van der Waals surface area contributed by atoms with E-state index in [-0.39, 0.29) is 5.69 Å². The van der Waals surface area contributed by atoms with Gasteiger partial charge in [-0.2, -0.15) is 5.10 Å². The van der Waals surface area contributed by atoms with Crippen molar-refractivity contribution in [3.63, 3.8) is 0 Å².